The molecular formula is C18H15O3PS. The Morgan fingerprint density at radius 2 is 1.00 bits per heavy atom. The Morgan fingerprint density at radius 1 is 0.609 bits per heavy atom. The van der Waals surface area contributed by atoms with E-state index in [1.54, 1.807) is 12.1 Å². The van der Waals surface area contributed by atoms with Crippen LogP contribution < -0.4 is 15.9 Å². The van der Waals surface area contributed by atoms with Crippen LogP contribution in [0.2, 0.25) is 0 Å². The molecule has 3 rings (SSSR count). The summed E-state index contributed by atoms with van der Waals surface area (Å²) in [4.78, 5) is -0.0858. The van der Waals surface area contributed by atoms with Crippen molar-refractivity contribution in [1.29, 1.82) is 0 Å². The lowest BCUT2D eigenvalue weighted by atomic mass is 10.3. The summed E-state index contributed by atoms with van der Waals surface area (Å²) in [5.74, 6) is 0. The highest BCUT2D eigenvalue weighted by Gasteiger charge is 2.17. The Hall–Kier alpha value is -2.00. The number of hydrogen-bond acceptors (Lipinski definition) is 2. The summed E-state index contributed by atoms with van der Waals surface area (Å²) < 4.78 is 31.6. The monoisotopic (exact) mass is 342 g/mol. The van der Waals surface area contributed by atoms with E-state index >= 15 is 0 Å². The second-order valence-corrected chi connectivity index (χ2v) is 8.62. The van der Waals surface area contributed by atoms with Gasteiger partial charge < -0.3 is 0 Å². The van der Waals surface area contributed by atoms with E-state index in [1.807, 2.05) is 36.4 Å². The molecule has 0 atom stereocenters. The number of benzene rings is 3. The maximum Gasteiger partial charge on any atom is 0.294 e. The Bertz CT molecular complexity index is 837. The Balaban J connectivity index is 2.09. The second-order valence-electron chi connectivity index (χ2n) is 4.98. The maximum atomic E-state index is 11.2. The van der Waals surface area contributed by atoms with Crippen molar-refractivity contribution in [1.82, 2.24) is 0 Å². The summed E-state index contributed by atoms with van der Waals surface area (Å²) in [6.07, 6.45) is 0. The van der Waals surface area contributed by atoms with E-state index in [9.17, 15) is 8.42 Å². The van der Waals surface area contributed by atoms with E-state index in [4.69, 9.17) is 4.55 Å². The minimum Gasteiger partial charge on any atom is -0.282 e. The fraction of sp³-hybridized carbons (Fsp3) is 0. The first kappa shape index (κ1) is 15.9. The summed E-state index contributed by atoms with van der Waals surface area (Å²) in [5.41, 5.74) is 0. The first-order valence-corrected chi connectivity index (χ1v) is 9.82. The van der Waals surface area contributed by atoms with Crippen LogP contribution in [0.25, 0.3) is 0 Å². The van der Waals surface area contributed by atoms with E-state index in [0.29, 0.717) is 0 Å². The van der Waals surface area contributed by atoms with Crippen molar-refractivity contribution >= 4 is 34.0 Å². The molecule has 0 aliphatic carbocycles. The molecule has 0 saturated carbocycles. The Kier molecular flexibility index (Phi) is 4.58. The average Bonchev–Trinajstić information content (AvgIpc) is 2.57. The molecule has 0 bridgehead atoms. The van der Waals surface area contributed by atoms with Crippen LogP contribution in [0.1, 0.15) is 0 Å². The van der Waals surface area contributed by atoms with Gasteiger partial charge in [0.1, 0.15) is 0 Å². The SMILES string of the molecule is O=S(=O)(O)c1ccc(P(c2ccccc2)c2ccccc2)cc1. The van der Waals surface area contributed by atoms with Gasteiger partial charge in [0.25, 0.3) is 10.1 Å². The molecule has 116 valence electrons. The van der Waals surface area contributed by atoms with Crippen molar-refractivity contribution in [2.24, 2.45) is 0 Å². The first-order valence-electron chi connectivity index (χ1n) is 7.03. The van der Waals surface area contributed by atoms with Gasteiger partial charge in [-0.05, 0) is 36.0 Å². The van der Waals surface area contributed by atoms with E-state index in [1.165, 1.54) is 22.7 Å². The summed E-state index contributed by atoms with van der Waals surface area (Å²) in [6, 6.07) is 26.7. The van der Waals surface area contributed by atoms with E-state index in [-0.39, 0.29) is 4.90 Å². The lowest BCUT2D eigenvalue weighted by Gasteiger charge is -2.19. The van der Waals surface area contributed by atoms with Crippen LogP contribution in [0.4, 0.5) is 0 Å². The molecule has 3 aromatic rings. The van der Waals surface area contributed by atoms with Gasteiger partial charge in [0.2, 0.25) is 0 Å². The van der Waals surface area contributed by atoms with Gasteiger partial charge in [-0.25, -0.2) is 0 Å². The zero-order valence-corrected chi connectivity index (χ0v) is 13.9. The molecule has 0 saturated heterocycles. The van der Waals surface area contributed by atoms with Gasteiger partial charge in [-0.2, -0.15) is 8.42 Å². The summed E-state index contributed by atoms with van der Waals surface area (Å²) >= 11 is 0. The van der Waals surface area contributed by atoms with Crippen LogP contribution in [0.5, 0.6) is 0 Å². The molecule has 0 aliphatic rings. The molecule has 3 aromatic carbocycles. The molecule has 0 fully saturated rings. The van der Waals surface area contributed by atoms with Crippen LogP contribution in [0.15, 0.2) is 89.8 Å². The van der Waals surface area contributed by atoms with E-state index in [0.717, 1.165) is 5.30 Å². The van der Waals surface area contributed by atoms with Crippen molar-refractivity contribution in [2.75, 3.05) is 0 Å². The first-order chi connectivity index (χ1) is 11.1. The maximum absolute atomic E-state index is 11.2. The zero-order chi connectivity index (χ0) is 16.3. The zero-order valence-electron chi connectivity index (χ0n) is 12.2. The molecule has 3 nitrogen and oxygen atoms in total. The van der Waals surface area contributed by atoms with Gasteiger partial charge in [-0.3, -0.25) is 4.55 Å². The summed E-state index contributed by atoms with van der Waals surface area (Å²) in [6.45, 7) is 0. The molecule has 0 unspecified atom stereocenters. The summed E-state index contributed by atoms with van der Waals surface area (Å²) in [7, 11) is -4.94. The molecule has 23 heavy (non-hydrogen) atoms. The van der Waals surface area contributed by atoms with Crippen LogP contribution >= 0.6 is 7.92 Å². The smallest absolute Gasteiger partial charge is 0.282 e. The molecule has 5 heteroatoms. The predicted octanol–water partition coefficient (Wildman–Crippen LogP) is 2.69. The van der Waals surface area contributed by atoms with Gasteiger partial charge in [0.05, 0.1) is 4.90 Å². The van der Waals surface area contributed by atoms with Crippen molar-refractivity contribution in [3.05, 3.63) is 84.9 Å². The molecule has 0 amide bonds. The van der Waals surface area contributed by atoms with Gasteiger partial charge in [-0.15, -0.1) is 0 Å². The van der Waals surface area contributed by atoms with Gasteiger partial charge in [0.15, 0.2) is 0 Å². The fourth-order valence-corrected chi connectivity index (χ4v) is 5.13. The van der Waals surface area contributed by atoms with Gasteiger partial charge >= 0.3 is 0 Å². The third-order valence-electron chi connectivity index (χ3n) is 3.42. The second kappa shape index (κ2) is 6.63. The van der Waals surface area contributed by atoms with Crippen molar-refractivity contribution in [2.45, 2.75) is 4.90 Å². The fourth-order valence-electron chi connectivity index (χ4n) is 2.37. The molecule has 0 spiro atoms. The van der Waals surface area contributed by atoms with Crippen LogP contribution in [0.3, 0.4) is 0 Å². The third kappa shape index (κ3) is 3.67. The average molecular weight is 342 g/mol. The normalized spacial score (nSPS) is 11.6. The Morgan fingerprint density at radius 3 is 1.39 bits per heavy atom. The van der Waals surface area contributed by atoms with Crippen molar-refractivity contribution in [3.63, 3.8) is 0 Å². The number of hydrogen-bond donors (Lipinski definition) is 1. The standard InChI is InChI=1S/C18H15O3PS/c19-23(20,21)18-13-11-17(12-14-18)22(15-7-3-1-4-8-15)16-9-5-2-6-10-16/h1-14H,(H,19,20,21). The largest absolute Gasteiger partial charge is 0.294 e. The quantitative estimate of drug-likeness (QED) is 0.586. The molecular weight excluding hydrogens is 327 g/mol. The van der Waals surface area contributed by atoms with Gasteiger partial charge in [-0.1, -0.05) is 72.8 Å². The summed E-state index contributed by atoms with van der Waals surface area (Å²) in [5, 5.41) is 3.41. The van der Waals surface area contributed by atoms with Crippen LogP contribution in [-0.4, -0.2) is 13.0 Å². The van der Waals surface area contributed by atoms with Crippen LogP contribution in [0, 0.1) is 0 Å². The molecule has 0 radical (unpaired) electrons. The van der Waals surface area contributed by atoms with E-state index < -0.39 is 18.0 Å². The highest BCUT2D eigenvalue weighted by atomic mass is 32.2. The third-order valence-corrected chi connectivity index (χ3v) is 6.73. The highest BCUT2D eigenvalue weighted by molar-refractivity contribution is 7.85. The minimum atomic E-state index is -4.17. The molecule has 0 aliphatic heterocycles. The van der Waals surface area contributed by atoms with E-state index in [2.05, 4.69) is 24.3 Å². The molecule has 0 heterocycles. The topological polar surface area (TPSA) is 54.4 Å². The lowest BCUT2D eigenvalue weighted by Crippen LogP contribution is -2.20. The lowest BCUT2D eigenvalue weighted by molar-refractivity contribution is 0.483. The Labute approximate surface area is 137 Å². The predicted molar refractivity (Wildman–Crippen MR) is 95.0 cm³/mol. The molecule has 0 aromatic heterocycles. The van der Waals surface area contributed by atoms with Crippen LogP contribution in [-0.2, 0) is 10.1 Å². The minimum absolute atomic E-state index is 0.0858. The highest BCUT2D eigenvalue weighted by Crippen LogP contribution is 2.32. The van der Waals surface area contributed by atoms with Crippen molar-refractivity contribution < 1.29 is 13.0 Å². The van der Waals surface area contributed by atoms with Gasteiger partial charge in [0, 0.05) is 0 Å². The van der Waals surface area contributed by atoms with Crippen molar-refractivity contribution in [3.8, 4) is 0 Å². The number of rotatable bonds is 4. The molecule has 1 N–H and O–H groups in total.